The average molecular weight is 254 g/mol. The van der Waals surface area contributed by atoms with Crippen LogP contribution in [-0.4, -0.2) is 16.9 Å². The van der Waals surface area contributed by atoms with Gasteiger partial charge < -0.3 is 11.1 Å². The van der Waals surface area contributed by atoms with E-state index >= 15 is 0 Å². The average Bonchev–Trinajstić information content (AvgIpc) is 2.19. The normalized spacial score (nSPS) is 11.9. The lowest BCUT2D eigenvalue weighted by atomic mass is 10.1. The smallest absolute Gasteiger partial charge is 0.224 e. The quantitative estimate of drug-likeness (QED) is 0.784. The van der Waals surface area contributed by atoms with Crippen LogP contribution in [0.4, 0.5) is 4.39 Å². The molecule has 0 aromatic heterocycles. The highest BCUT2D eigenvalue weighted by atomic mass is 32.1. The summed E-state index contributed by atoms with van der Waals surface area (Å²) in [6.07, 6.45) is 0.701. The van der Waals surface area contributed by atoms with Crippen molar-refractivity contribution in [2.24, 2.45) is 5.73 Å². The first-order valence-electron chi connectivity index (χ1n) is 5.29. The van der Waals surface area contributed by atoms with Gasteiger partial charge >= 0.3 is 0 Å². The molecule has 92 valence electrons. The van der Waals surface area contributed by atoms with E-state index in [1.807, 2.05) is 6.92 Å². The molecule has 3 N–H and O–H groups in total. The van der Waals surface area contributed by atoms with Crippen LogP contribution in [-0.2, 0) is 11.2 Å². The lowest BCUT2D eigenvalue weighted by Gasteiger charge is -2.12. The summed E-state index contributed by atoms with van der Waals surface area (Å²) in [7, 11) is 0. The fourth-order valence-electron chi connectivity index (χ4n) is 1.47. The van der Waals surface area contributed by atoms with Crippen LogP contribution in [0.15, 0.2) is 24.3 Å². The fraction of sp³-hybridized carbons (Fsp3) is 0.333. The van der Waals surface area contributed by atoms with E-state index in [1.54, 1.807) is 12.1 Å². The lowest BCUT2D eigenvalue weighted by Crippen LogP contribution is -2.36. The molecule has 1 aromatic rings. The number of thiocarbonyl (C=S) groups is 1. The summed E-state index contributed by atoms with van der Waals surface area (Å²) in [6, 6.07) is 5.77. The zero-order chi connectivity index (χ0) is 12.8. The second-order valence-corrected chi connectivity index (χ2v) is 4.47. The second kappa shape index (κ2) is 6.30. The maximum atomic E-state index is 12.6. The molecular weight excluding hydrogens is 239 g/mol. The van der Waals surface area contributed by atoms with Crippen LogP contribution in [0.2, 0.25) is 0 Å². The number of nitrogens with two attached hydrogens (primary N) is 1. The van der Waals surface area contributed by atoms with Crippen LogP contribution >= 0.6 is 12.2 Å². The number of carbonyl (C=O) groups excluding carboxylic acids is 1. The number of hydrogen-bond donors (Lipinski definition) is 2. The molecule has 0 heterocycles. The Labute approximate surface area is 105 Å². The number of benzene rings is 1. The molecule has 1 rings (SSSR count). The van der Waals surface area contributed by atoms with Crippen molar-refractivity contribution in [3.05, 3.63) is 35.6 Å². The number of amides is 1. The molecule has 0 aliphatic heterocycles. The van der Waals surface area contributed by atoms with Gasteiger partial charge in [0.1, 0.15) is 5.82 Å². The van der Waals surface area contributed by atoms with Crippen molar-refractivity contribution in [1.29, 1.82) is 0 Å². The standard InChI is InChI=1S/C12H15FN2OS/c1-8(6-11(14)17)15-12(16)7-9-2-4-10(13)5-3-9/h2-5,8H,6-7H2,1H3,(H2,14,17)(H,15,16). The van der Waals surface area contributed by atoms with Gasteiger partial charge in [-0.1, -0.05) is 24.4 Å². The van der Waals surface area contributed by atoms with Gasteiger partial charge in [-0.05, 0) is 24.6 Å². The molecule has 3 nitrogen and oxygen atoms in total. The van der Waals surface area contributed by atoms with E-state index in [-0.39, 0.29) is 24.2 Å². The molecule has 0 aliphatic carbocycles. The molecule has 1 atom stereocenters. The van der Waals surface area contributed by atoms with Crippen LogP contribution in [0.3, 0.4) is 0 Å². The Morgan fingerprint density at radius 2 is 2.06 bits per heavy atom. The third kappa shape index (κ3) is 5.40. The molecule has 0 saturated carbocycles. The minimum absolute atomic E-state index is 0.0829. The highest BCUT2D eigenvalue weighted by molar-refractivity contribution is 7.80. The summed E-state index contributed by atoms with van der Waals surface area (Å²) < 4.78 is 12.6. The van der Waals surface area contributed by atoms with Gasteiger partial charge in [0.25, 0.3) is 0 Å². The molecule has 1 unspecified atom stereocenters. The molecule has 0 fully saturated rings. The van der Waals surface area contributed by atoms with Crippen LogP contribution in [0.1, 0.15) is 18.9 Å². The first kappa shape index (κ1) is 13.6. The Morgan fingerprint density at radius 3 is 2.59 bits per heavy atom. The Morgan fingerprint density at radius 1 is 1.47 bits per heavy atom. The first-order valence-corrected chi connectivity index (χ1v) is 5.70. The van der Waals surface area contributed by atoms with E-state index in [0.717, 1.165) is 5.56 Å². The molecule has 0 aliphatic rings. The van der Waals surface area contributed by atoms with Crippen LogP contribution in [0, 0.1) is 5.82 Å². The molecule has 0 bridgehead atoms. The van der Waals surface area contributed by atoms with E-state index in [9.17, 15) is 9.18 Å². The maximum absolute atomic E-state index is 12.6. The predicted octanol–water partition coefficient (Wildman–Crippen LogP) is 1.55. The van der Waals surface area contributed by atoms with Crippen LogP contribution in [0.25, 0.3) is 0 Å². The minimum Gasteiger partial charge on any atom is -0.393 e. The number of carbonyl (C=O) groups is 1. The summed E-state index contributed by atoms with van der Waals surface area (Å²) in [4.78, 5) is 12.0. The van der Waals surface area contributed by atoms with Gasteiger partial charge in [0.05, 0.1) is 11.4 Å². The Kier molecular flexibility index (Phi) is 5.03. The Bertz CT molecular complexity index is 405. The summed E-state index contributed by atoms with van der Waals surface area (Å²) in [5.41, 5.74) is 6.15. The minimum atomic E-state index is -0.309. The summed E-state index contributed by atoms with van der Waals surface area (Å²) in [6.45, 7) is 1.84. The van der Waals surface area contributed by atoms with Crippen molar-refractivity contribution in [3.8, 4) is 0 Å². The summed E-state index contributed by atoms with van der Waals surface area (Å²) in [5, 5.41) is 2.77. The Balaban J connectivity index is 2.44. The van der Waals surface area contributed by atoms with Crippen molar-refractivity contribution >= 4 is 23.1 Å². The van der Waals surface area contributed by atoms with Gasteiger partial charge in [0, 0.05) is 12.5 Å². The van der Waals surface area contributed by atoms with Gasteiger partial charge in [-0.2, -0.15) is 0 Å². The monoisotopic (exact) mass is 254 g/mol. The third-order valence-electron chi connectivity index (χ3n) is 2.19. The molecule has 0 saturated heterocycles. The summed E-state index contributed by atoms with van der Waals surface area (Å²) >= 11 is 4.75. The van der Waals surface area contributed by atoms with E-state index in [1.165, 1.54) is 12.1 Å². The molecule has 17 heavy (non-hydrogen) atoms. The van der Waals surface area contributed by atoms with E-state index in [0.29, 0.717) is 11.4 Å². The molecule has 1 aromatic carbocycles. The van der Waals surface area contributed by atoms with Crippen molar-refractivity contribution in [3.63, 3.8) is 0 Å². The highest BCUT2D eigenvalue weighted by Gasteiger charge is 2.08. The molecule has 1 amide bonds. The van der Waals surface area contributed by atoms with Crippen molar-refractivity contribution in [2.45, 2.75) is 25.8 Å². The first-order chi connectivity index (χ1) is 7.97. The molecule has 0 spiro atoms. The van der Waals surface area contributed by atoms with E-state index in [4.69, 9.17) is 18.0 Å². The highest BCUT2D eigenvalue weighted by Crippen LogP contribution is 2.03. The predicted molar refractivity (Wildman–Crippen MR) is 69.1 cm³/mol. The largest absolute Gasteiger partial charge is 0.393 e. The molecule has 0 radical (unpaired) electrons. The van der Waals surface area contributed by atoms with E-state index in [2.05, 4.69) is 5.32 Å². The van der Waals surface area contributed by atoms with Gasteiger partial charge in [-0.15, -0.1) is 0 Å². The zero-order valence-corrected chi connectivity index (χ0v) is 10.4. The van der Waals surface area contributed by atoms with Gasteiger partial charge in [0.15, 0.2) is 0 Å². The fourth-order valence-corrected chi connectivity index (χ4v) is 1.72. The zero-order valence-electron chi connectivity index (χ0n) is 9.57. The molecular formula is C12H15FN2OS. The van der Waals surface area contributed by atoms with Crippen molar-refractivity contribution in [1.82, 2.24) is 5.32 Å². The third-order valence-corrected chi connectivity index (χ3v) is 2.36. The number of rotatable bonds is 5. The number of nitrogens with one attached hydrogen (secondary N) is 1. The lowest BCUT2D eigenvalue weighted by molar-refractivity contribution is -0.120. The molecule has 5 heteroatoms. The van der Waals surface area contributed by atoms with E-state index < -0.39 is 0 Å². The second-order valence-electron chi connectivity index (χ2n) is 3.94. The number of hydrogen-bond acceptors (Lipinski definition) is 2. The van der Waals surface area contributed by atoms with Crippen LogP contribution < -0.4 is 11.1 Å². The van der Waals surface area contributed by atoms with Crippen LogP contribution in [0.5, 0.6) is 0 Å². The maximum Gasteiger partial charge on any atom is 0.224 e. The number of halogens is 1. The van der Waals surface area contributed by atoms with Crippen molar-refractivity contribution in [2.75, 3.05) is 0 Å². The van der Waals surface area contributed by atoms with Gasteiger partial charge in [-0.3, -0.25) is 4.79 Å². The summed E-state index contributed by atoms with van der Waals surface area (Å²) in [5.74, 6) is -0.434. The van der Waals surface area contributed by atoms with Gasteiger partial charge in [0.2, 0.25) is 5.91 Å². The van der Waals surface area contributed by atoms with Crippen molar-refractivity contribution < 1.29 is 9.18 Å². The SMILES string of the molecule is CC(CC(N)=S)NC(=O)Cc1ccc(F)cc1. The topological polar surface area (TPSA) is 55.1 Å². The van der Waals surface area contributed by atoms with Gasteiger partial charge in [-0.25, -0.2) is 4.39 Å². The Hall–Kier alpha value is -1.49.